The second-order valence-electron chi connectivity index (χ2n) is 4.68. The lowest BCUT2D eigenvalue weighted by molar-refractivity contribution is 0.413. The average Bonchev–Trinajstić information content (AvgIpc) is 2.89. The molecule has 0 aromatic carbocycles. The topological polar surface area (TPSA) is 85.3 Å². The van der Waals surface area contributed by atoms with E-state index in [0.29, 0.717) is 12.3 Å². The van der Waals surface area contributed by atoms with Crippen LogP contribution in [0, 0.1) is 0 Å². The molecule has 19 heavy (non-hydrogen) atoms. The Kier molecular flexibility index (Phi) is 4.79. The predicted molar refractivity (Wildman–Crippen MR) is 73.0 cm³/mol. The molecule has 2 rings (SSSR count). The fraction of sp³-hybridized carbons (Fsp3) is 0.538. The van der Waals surface area contributed by atoms with Crippen molar-refractivity contribution < 1.29 is 12.8 Å². The summed E-state index contributed by atoms with van der Waals surface area (Å²) in [6.45, 7) is 0.606. The van der Waals surface area contributed by atoms with Crippen LogP contribution < -0.4 is 10.5 Å². The number of rotatable bonds is 6. The number of hydrogen-bond acceptors (Lipinski definition) is 4. The monoisotopic (exact) mass is 284 g/mol. The van der Waals surface area contributed by atoms with E-state index >= 15 is 0 Å². The Labute approximate surface area is 113 Å². The van der Waals surface area contributed by atoms with E-state index in [4.69, 9.17) is 10.2 Å². The van der Waals surface area contributed by atoms with Crippen LogP contribution >= 0.6 is 0 Å². The Morgan fingerprint density at radius 1 is 1.32 bits per heavy atom. The molecule has 1 aromatic heterocycles. The molecule has 5 nitrogen and oxygen atoms in total. The summed E-state index contributed by atoms with van der Waals surface area (Å²) in [4.78, 5) is 0. The first-order valence-corrected chi connectivity index (χ1v) is 8.06. The molecule has 1 aliphatic rings. The van der Waals surface area contributed by atoms with Gasteiger partial charge in [0.2, 0.25) is 5.09 Å². The van der Waals surface area contributed by atoms with E-state index in [1.165, 1.54) is 24.5 Å². The normalized spacial score (nSPS) is 16.4. The number of sulfonamides is 1. The third-order valence-corrected chi connectivity index (χ3v) is 4.56. The standard InChI is InChI=1S/C13H20N2O3S/c14-10-12-6-7-13(18-12)19(16,17)15-9-8-11-4-2-1-3-5-11/h4,6-7,15H,1-3,5,8-10,14H2. The van der Waals surface area contributed by atoms with Crippen LogP contribution in [0.2, 0.25) is 0 Å². The van der Waals surface area contributed by atoms with Gasteiger partial charge < -0.3 is 10.2 Å². The lowest BCUT2D eigenvalue weighted by Gasteiger charge is -2.12. The molecule has 0 saturated carbocycles. The molecule has 0 bridgehead atoms. The first kappa shape index (κ1) is 14.3. The van der Waals surface area contributed by atoms with Gasteiger partial charge in [0.1, 0.15) is 5.76 Å². The highest BCUT2D eigenvalue weighted by molar-refractivity contribution is 7.89. The van der Waals surface area contributed by atoms with Crippen LogP contribution in [-0.4, -0.2) is 15.0 Å². The van der Waals surface area contributed by atoms with E-state index in [0.717, 1.165) is 19.3 Å². The highest BCUT2D eigenvalue weighted by Crippen LogP contribution is 2.20. The van der Waals surface area contributed by atoms with Gasteiger partial charge in [0.05, 0.1) is 6.54 Å². The van der Waals surface area contributed by atoms with Crippen LogP contribution in [0.3, 0.4) is 0 Å². The molecular weight excluding hydrogens is 264 g/mol. The molecule has 3 N–H and O–H groups in total. The van der Waals surface area contributed by atoms with Gasteiger partial charge in [-0.25, -0.2) is 13.1 Å². The van der Waals surface area contributed by atoms with Crippen LogP contribution in [0.25, 0.3) is 0 Å². The molecule has 6 heteroatoms. The minimum atomic E-state index is -3.55. The largest absolute Gasteiger partial charge is 0.447 e. The number of allylic oxidation sites excluding steroid dienone is 1. The molecule has 0 aliphatic heterocycles. The first-order valence-electron chi connectivity index (χ1n) is 6.58. The average molecular weight is 284 g/mol. The van der Waals surface area contributed by atoms with Crippen molar-refractivity contribution in [2.24, 2.45) is 5.73 Å². The van der Waals surface area contributed by atoms with E-state index < -0.39 is 10.0 Å². The van der Waals surface area contributed by atoms with E-state index in [1.54, 1.807) is 6.07 Å². The zero-order valence-corrected chi connectivity index (χ0v) is 11.7. The van der Waals surface area contributed by atoms with Gasteiger partial charge in [-0.15, -0.1) is 0 Å². The minimum absolute atomic E-state index is 0.0643. The third-order valence-electron chi connectivity index (χ3n) is 3.23. The van der Waals surface area contributed by atoms with Crippen molar-refractivity contribution >= 4 is 10.0 Å². The van der Waals surface area contributed by atoms with Crippen LogP contribution in [0.4, 0.5) is 0 Å². The molecule has 106 valence electrons. The number of nitrogens with one attached hydrogen (secondary N) is 1. The molecule has 1 aliphatic carbocycles. The van der Waals surface area contributed by atoms with Gasteiger partial charge in [-0.05, 0) is 44.2 Å². The van der Waals surface area contributed by atoms with Gasteiger partial charge in [0.15, 0.2) is 0 Å². The van der Waals surface area contributed by atoms with E-state index in [2.05, 4.69) is 10.8 Å². The Hall–Kier alpha value is -1.11. The first-order chi connectivity index (χ1) is 9.12. The molecule has 0 atom stereocenters. The highest BCUT2D eigenvalue weighted by atomic mass is 32.2. The van der Waals surface area contributed by atoms with Crippen LogP contribution in [0.5, 0.6) is 0 Å². The quantitative estimate of drug-likeness (QED) is 0.781. The van der Waals surface area contributed by atoms with Gasteiger partial charge in [0, 0.05) is 6.54 Å². The third kappa shape index (κ3) is 3.92. The van der Waals surface area contributed by atoms with Crippen molar-refractivity contribution in [2.45, 2.75) is 43.7 Å². The lowest BCUT2D eigenvalue weighted by atomic mass is 9.97. The summed E-state index contributed by atoms with van der Waals surface area (Å²) >= 11 is 0. The van der Waals surface area contributed by atoms with Crippen molar-refractivity contribution in [3.05, 3.63) is 29.5 Å². The Balaban J connectivity index is 1.88. The van der Waals surface area contributed by atoms with Crippen molar-refractivity contribution in [3.8, 4) is 0 Å². The maximum atomic E-state index is 11.9. The Bertz CT molecular complexity index is 546. The van der Waals surface area contributed by atoms with Gasteiger partial charge >= 0.3 is 0 Å². The zero-order chi connectivity index (χ0) is 13.7. The van der Waals surface area contributed by atoms with Crippen LogP contribution in [-0.2, 0) is 16.6 Å². The number of hydrogen-bond donors (Lipinski definition) is 2. The van der Waals surface area contributed by atoms with E-state index in [9.17, 15) is 8.42 Å². The summed E-state index contributed by atoms with van der Waals surface area (Å²) in [6.07, 6.45) is 7.63. The van der Waals surface area contributed by atoms with Crippen molar-refractivity contribution in [1.29, 1.82) is 0 Å². The molecular formula is C13H20N2O3S. The molecule has 0 radical (unpaired) electrons. The summed E-state index contributed by atoms with van der Waals surface area (Å²) in [7, 11) is -3.55. The van der Waals surface area contributed by atoms with Gasteiger partial charge in [-0.3, -0.25) is 0 Å². The van der Waals surface area contributed by atoms with E-state index in [-0.39, 0.29) is 11.6 Å². The predicted octanol–water partition coefficient (Wildman–Crippen LogP) is 1.91. The highest BCUT2D eigenvalue weighted by Gasteiger charge is 2.18. The summed E-state index contributed by atoms with van der Waals surface area (Å²) < 4.78 is 31.6. The SMILES string of the molecule is NCc1ccc(S(=O)(=O)NCCC2=CCCCC2)o1. The summed E-state index contributed by atoms with van der Waals surface area (Å²) in [5.41, 5.74) is 6.73. The summed E-state index contributed by atoms with van der Waals surface area (Å²) in [6, 6.07) is 3.02. The Morgan fingerprint density at radius 2 is 2.16 bits per heavy atom. The van der Waals surface area contributed by atoms with Crippen LogP contribution in [0.15, 0.2) is 33.3 Å². The fourth-order valence-electron chi connectivity index (χ4n) is 2.16. The minimum Gasteiger partial charge on any atom is -0.447 e. The Morgan fingerprint density at radius 3 is 2.79 bits per heavy atom. The van der Waals surface area contributed by atoms with E-state index in [1.807, 2.05) is 0 Å². The summed E-state index contributed by atoms with van der Waals surface area (Å²) in [5, 5.41) is -0.0643. The lowest BCUT2D eigenvalue weighted by Crippen LogP contribution is -2.24. The molecule has 0 unspecified atom stereocenters. The molecule has 0 saturated heterocycles. The molecule has 0 fully saturated rings. The second-order valence-corrected chi connectivity index (χ2v) is 6.38. The molecule has 0 spiro atoms. The molecule has 1 aromatic rings. The van der Waals surface area contributed by atoms with Crippen LogP contribution in [0.1, 0.15) is 37.9 Å². The second kappa shape index (κ2) is 6.36. The number of furan rings is 1. The van der Waals surface area contributed by atoms with Crippen molar-refractivity contribution in [1.82, 2.24) is 4.72 Å². The summed E-state index contributed by atoms with van der Waals surface area (Å²) in [5.74, 6) is 0.468. The number of nitrogens with two attached hydrogens (primary N) is 1. The maximum Gasteiger partial charge on any atom is 0.273 e. The fourth-order valence-corrected chi connectivity index (χ4v) is 3.14. The smallest absolute Gasteiger partial charge is 0.273 e. The van der Waals surface area contributed by atoms with Gasteiger partial charge in [-0.1, -0.05) is 11.6 Å². The van der Waals surface area contributed by atoms with Gasteiger partial charge in [-0.2, -0.15) is 0 Å². The van der Waals surface area contributed by atoms with Crippen molar-refractivity contribution in [3.63, 3.8) is 0 Å². The molecule has 1 heterocycles. The zero-order valence-electron chi connectivity index (χ0n) is 10.9. The maximum absolute atomic E-state index is 11.9. The van der Waals surface area contributed by atoms with Gasteiger partial charge in [0.25, 0.3) is 10.0 Å². The van der Waals surface area contributed by atoms with Crippen molar-refractivity contribution in [2.75, 3.05) is 6.54 Å². The molecule has 0 amide bonds.